The van der Waals surface area contributed by atoms with E-state index in [2.05, 4.69) is 15.5 Å². The van der Waals surface area contributed by atoms with Crippen LogP contribution in [0.3, 0.4) is 0 Å². The zero-order valence-electron chi connectivity index (χ0n) is 18.7. The highest BCUT2D eigenvalue weighted by atomic mass is 35.5. The van der Waals surface area contributed by atoms with E-state index in [9.17, 15) is 9.59 Å². The van der Waals surface area contributed by atoms with E-state index < -0.39 is 5.91 Å². The first kappa shape index (κ1) is 24.8. The number of hydrogen-bond acceptors (Lipinski definition) is 6. The third kappa shape index (κ3) is 5.87. The molecule has 0 saturated carbocycles. The Labute approximate surface area is 217 Å². The Morgan fingerprint density at radius 2 is 1.80 bits per heavy atom. The average molecular weight is 533 g/mol. The molecule has 0 unspecified atom stereocenters. The molecule has 3 aromatic rings. The summed E-state index contributed by atoms with van der Waals surface area (Å²) in [5.41, 5.74) is 1.83. The first-order valence-corrected chi connectivity index (χ1v) is 11.9. The van der Waals surface area contributed by atoms with E-state index in [0.717, 1.165) is 5.69 Å². The fourth-order valence-electron chi connectivity index (χ4n) is 3.69. The van der Waals surface area contributed by atoms with Crippen LogP contribution in [0, 0.1) is 0 Å². The summed E-state index contributed by atoms with van der Waals surface area (Å²) in [6.07, 6.45) is 1.49. The number of furan rings is 1. The molecule has 0 spiro atoms. The average Bonchev–Trinajstić information content (AvgIpc) is 3.39. The number of nitrogens with zero attached hydrogens (tertiary/aromatic N) is 2. The van der Waals surface area contributed by atoms with Crippen LogP contribution < -0.4 is 20.3 Å². The first-order valence-electron chi connectivity index (χ1n) is 10.7. The molecule has 0 aliphatic carbocycles. The maximum atomic E-state index is 12.5. The Balaban J connectivity index is 1.32. The van der Waals surface area contributed by atoms with Crippen molar-refractivity contribution in [3.8, 4) is 5.75 Å². The van der Waals surface area contributed by atoms with Gasteiger partial charge in [-0.3, -0.25) is 14.9 Å². The van der Waals surface area contributed by atoms with E-state index in [1.807, 2.05) is 12.1 Å². The van der Waals surface area contributed by atoms with Crippen LogP contribution in [0.4, 0.5) is 11.4 Å². The van der Waals surface area contributed by atoms with Crippen molar-refractivity contribution in [3.05, 3.63) is 76.2 Å². The van der Waals surface area contributed by atoms with Gasteiger partial charge in [0, 0.05) is 37.4 Å². The van der Waals surface area contributed by atoms with Crippen LogP contribution in [0.15, 0.2) is 59.2 Å². The molecule has 1 aliphatic rings. The number of halogens is 2. The number of carbonyl (C=O) groups is 2. The fourth-order valence-corrected chi connectivity index (χ4v) is 4.46. The molecule has 11 heteroatoms. The largest absolute Gasteiger partial charge is 0.495 e. The van der Waals surface area contributed by atoms with Gasteiger partial charge in [0.1, 0.15) is 5.75 Å². The molecule has 0 bridgehead atoms. The van der Waals surface area contributed by atoms with Crippen molar-refractivity contribution in [3.63, 3.8) is 0 Å². The summed E-state index contributed by atoms with van der Waals surface area (Å²) in [5.74, 6) is 0.291. The molecule has 1 aliphatic heterocycles. The number of benzene rings is 2. The van der Waals surface area contributed by atoms with Gasteiger partial charge in [-0.1, -0.05) is 23.2 Å². The van der Waals surface area contributed by atoms with Crippen LogP contribution in [0.2, 0.25) is 10.0 Å². The number of ether oxygens (including phenoxy) is 1. The first-order chi connectivity index (χ1) is 16.9. The van der Waals surface area contributed by atoms with Crippen LogP contribution in [0.25, 0.3) is 0 Å². The van der Waals surface area contributed by atoms with Gasteiger partial charge in [0.05, 0.1) is 29.1 Å². The molecule has 0 atom stereocenters. The van der Waals surface area contributed by atoms with Crippen LogP contribution in [-0.4, -0.2) is 55.1 Å². The van der Waals surface area contributed by atoms with Crippen LogP contribution in [0.1, 0.15) is 20.9 Å². The lowest BCUT2D eigenvalue weighted by Gasteiger charge is -2.36. The van der Waals surface area contributed by atoms with Crippen molar-refractivity contribution in [2.24, 2.45) is 0 Å². The zero-order chi connectivity index (χ0) is 24.9. The van der Waals surface area contributed by atoms with Gasteiger partial charge in [-0.05, 0) is 60.7 Å². The molecule has 8 nitrogen and oxygen atoms in total. The summed E-state index contributed by atoms with van der Waals surface area (Å²) in [4.78, 5) is 28.8. The van der Waals surface area contributed by atoms with Crippen LogP contribution in [-0.2, 0) is 0 Å². The number of hydrogen-bond donors (Lipinski definition) is 2. The van der Waals surface area contributed by atoms with Gasteiger partial charge in [-0.15, -0.1) is 0 Å². The van der Waals surface area contributed by atoms with Gasteiger partial charge in [0.25, 0.3) is 11.8 Å². The standard InChI is InChI=1S/C24H22Cl2N4O4S/c1-33-20-7-4-15(13-18(20)26)22(31)28-24(35)27-16-5-6-19(17(25)14-16)29-8-10-30(11-9-29)23(32)21-3-2-12-34-21/h2-7,12-14H,8-11H2,1H3,(H2,27,28,31,35). The monoisotopic (exact) mass is 532 g/mol. The molecule has 2 amide bonds. The molecule has 2 N–H and O–H groups in total. The number of thiocarbonyl (C=S) groups is 1. The van der Waals surface area contributed by atoms with Crippen molar-refractivity contribution in [1.82, 2.24) is 10.2 Å². The molecular weight excluding hydrogens is 511 g/mol. The van der Waals surface area contributed by atoms with E-state index in [4.69, 9.17) is 44.6 Å². The Hall–Kier alpha value is -3.27. The van der Waals surface area contributed by atoms with Crippen molar-refractivity contribution in [2.45, 2.75) is 0 Å². The Morgan fingerprint density at radius 1 is 1.03 bits per heavy atom. The molecule has 1 aromatic heterocycles. The molecule has 1 saturated heterocycles. The Kier molecular flexibility index (Phi) is 7.80. The van der Waals surface area contributed by atoms with Gasteiger partial charge in [-0.2, -0.15) is 0 Å². The second-order valence-electron chi connectivity index (χ2n) is 7.68. The summed E-state index contributed by atoms with van der Waals surface area (Å²) in [7, 11) is 1.50. The van der Waals surface area contributed by atoms with Gasteiger partial charge >= 0.3 is 0 Å². The SMILES string of the molecule is COc1ccc(C(=O)NC(=S)Nc2ccc(N3CCN(C(=O)c4ccco4)CC3)c(Cl)c2)cc1Cl. The lowest BCUT2D eigenvalue weighted by Crippen LogP contribution is -2.48. The summed E-state index contributed by atoms with van der Waals surface area (Å²) in [6, 6.07) is 13.5. The van der Waals surface area contributed by atoms with E-state index >= 15 is 0 Å². The molecule has 2 heterocycles. The predicted octanol–water partition coefficient (Wildman–Crippen LogP) is 4.68. The van der Waals surface area contributed by atoms with E-state index in [1.165, 1.54) is 19.4 Å². The number of methoxy groups -OCH3 is 1. The fraction of sp³-hybridized carbons (Fsp3) is 0.208. The minimum Gasteiger partial charge on any atom is -0.495 e. The molecule has 0 radical (unpaired) electrons. The predicted molar refractivity (Wildman–Crippen MR) is 140 cm³/mol. The van der Waals surface area contributed by atoms with Crippen molar-refractivity contribution in [2.75, 3.05) is 43.5 Å². The molecule has 182 valence electrons. The second kappa shape index (κ2) is 11.0. The topological polar surface area (TPSA) is 87.0 Å². The van der Waals surface area contributed by atoms with E-state index in [1.54, 1.807) is 35.2 Å². The second-order valence-corrected chi connectivity index (χ2v) is 8.90. The van der Waals surface area contributed by atoms with E-state index in [0.29, 0.717) is 59.0 Å². The van der Waals surface area contributed by atoms with Crippen molar-refractivity contribution >= 4 is 63.7 Å². The van der Waals surface area contributed by atoms with Gasteiger partial charge in [0.2, 0.25) is 0 Å². The molecule has 35 heavy (non-hydrogen) atoms. The number of carbonyl (C=O) groups excluding carboxylic acids is 2. The highest BCUT2D eigenvalue weighted by molar-refractivity contribution is 7.80. The number of rotatable bonds is 5. The third-order valence-electron chi connectivity index (χ3n) is 5.49. The van der Waals surface area contributed by atoms with Crippen LogP contribution in [0.5, 0.6) is 5.75 Å². The maximum Gasteiger partial charge on any atom is 0.289 e. The summed E-state index contributed by atoms with van der Waals surface area (Å²) < 4.78 is 10.3. The van der Waals surface area contributed by atoms with Gasteiger partial charge in [0.15, 0.2) is 10.9 Å². The lowest BCUT2D eigenvalue weighted by atomic mass is 10.2. The molecule has 2 aromatic carbocycles. The number of nitrogens with one attached hydrogen (secondary N) is 2. The number of piperazine rings is 1. The maximum absolute atomic E-state index is 12.5. The molecular formula is C24H22Cl2N4O4S. The molecule has 1 fully saturated rings. The van der Waals surface area contributed by atoms with Crippen molar-refractivity contribution in [1.29, 1.82) is 0 Å². The number of amides is 2. The normalized spacial score (nSPS) is 13.3. The van der Waals surface area contributed by atoms with Gasteiger partial charge < -0.3 is 24.3 Å². The van der Waals surface area contributed by atoms with Crippen molar-refractivity contribution < 1.29 is 18.7 Å². The third-order valence-corrected chi connectivity index (χ3v) is 6.29. The summed E-state index contributed by atoms with van der Waals surface area (Å²) in [6.45, 7) is 2.39. The Bertz CT molecular complexity index is 1240. The van der Waals surface area contributed by atoms with Gasteiger partial charge in [-0.25, -0.2) is 0 Å². The highest BCUT2D eigenvalue weighted by Crippen LogP contribution is 2.30. The molecule has 4 rings (SSSR count). The van der Waals surface area contributed by atoms with E-state index in [-0.39, 0.29) is 11.0 Å². The zero-order valence-corrected chi connectivity index (χ0v) is 21.0. The number of anilines is 2. The Morgan fingerprint density at radius 3 is 2.43 bits per heavy atom. The quantitative estimate of drug-likeness (QED) is 0.461. The summed E-state index contributed by atoms with van der Waals surface area (Å²) >= 11 is 17.9. The summed E-state index contributed by atoms with van der Waals surface area (Å²) in [5, 5.41) is 6.55. The lowest BCUT2D eigenvalue weighted by molar-refractivity contribution is 0.0714. The minimum absolute atomic E-state index is 0.118. The van der Waals surface area contributed by atoms with Crippen LogP contribution >= 0.6 is 35.4 Å². The smallest absolute Gasteiger partial charge is 0.289 e. The highest BCUT2D eigenvalue weighted by Gasteiger charge is 2.24. The minimum atomic E-state index is -0.406.